The quantitative estimate of drug-likeness (QED) is 0.521. The SMILES string of the molecule is N#CC(C#N)=Cc1ccccc1-c1ccccc1-c1ccccc1N1CCCC1. The molecule has 3 aromatic carbocycles. The molecule has 0 radical (unpaired) electrons. The molecule has 4 rings (SSSR count). The van der Waals surface area contributed by atoms with Gasteiger partial charge in [0.25, 0.3) is 0 Å². The molecule has 0 unspecified atom stereocenters. The van der Waals surface area contributed by atoms with E-state index in [1.54, 1.807) is 6.08 Å². The first-order valence-corrected chi connectivity index (χ1v) is 9.86. The van der Waals surface area contributed by atoms with Crippen LogP contribution in [0.3, 0.4) is 0 Å². The lowest BCUT2D eigenvalue weighted by atomic mass is 9.90. The van der Waals surface area contributed by atoms with E-state index in [-0.39, 0.29) is 5.57 Å². The minimum atomic E-state index is 0.104. The van der Waals surface area contributed by atoms with E-state index >= 15 is 0 Å². The van der Waals surface area contributed by atoms with Gasteiger partial charge in [-0.15, -0.1) is 0 Å². The van der Waals surface area contributed by atoms with Crippen molar-refractivity contribution in [2.45, 2.75) is 12.8 Å². The van der Waals surface area contributed by atoms with E-state index in [4.69, 9.17) is 0 Å². The van der Waals surface area contributed by atoms with Gasteiger partial charge in [0.2, 0.25) is 0 Å². The molecule has 1 aliphatic heterocycles. The number of anilines is 1. The molecule has 3 heteroatoms. The number of hydrogen-bond donors (Lipinski definition) is 0. The summed E-state index contributed by atoms with van der Waals surface area (Å²) in [5.41, 5.74) is 6.73. The van der Waals surface area contributed by atoms with Crippen LogP contribution in [0.5, 0.6) is 0 Å². The Morgan fingerprint density at radius 2 is 1.21 bits per heavy atom. The monoisotopic (exact) mass is 375 g/mol. The molecule has 0 aliphatic carbocycles. The van der Waals surface area contributed by atoms with Crippen LogP contribution in [0.2, 0.25) is 0 Å². The maximum atomic E-state index is 9.19. The fourth-order valence-electron chi connectivity index (χ4n) is 4.00. The highest BCUT2D eigenvalue weighted by Crippen LogP contribution is 2.39. The van der Waals surface area contributed by atoms with Gasteiger partial charge in [-0.1, -0.05) is 66.7 Å². The summed E-state index contributed by atoms with van der Waals surface area (Å²) in [5.74, 6) is 0. The Balaban J connectivity index is 1.89. The van der Waals surface area contributed by atoms with Gasteiger partial charge in [0.05, 0.1) is 0 Å². The lowest BCUT2D eigenvalue weighted by Gasteiger charge is -2.23. The number of nitrogens with zero attached hydrogens (tertiary/aromatic N) is 3. The first-order valence-electron chi connectivity index (χ1n) is 9.86. The van der Waals surface area contributed by atoms with Gasteiger partial charge in [-0.25, -0.2) is 0 Å². The first kappa shape index (κ1) is 18.5. The van der Waals surface area contributed by atoms with E-state index in [2.05, 4.69) is 53.4 Å². The predicted molar refractivity (Wildman–Crippen MR) is 118 cm³/mol. The van der Waals surface area contributed by atoms with Crippen molar-refractivity contribution in [1.82, 2.24) is 0 Å². The Labute approximate surface area is 171 Å². The highest BCUT2D eigenvalue weighted by Gasteiger charge is 2.18. The van der Waals surface area contributed by atoms with Gasteiger partial charge < -0.3 is 4.90 Å². The lowest BCUT2D eigenvalue weighted by Crippen LogP contribution is -2.18. The average Bonchev–Trinajstić information content (AvgIpc) is 3.32. The van der Waals surface area contributed by atoms with Gasteiger partial charge in [0, 0.05) is 24.3 Å². The molecule has 1 fully saturated rings. The zero-order valence-electron chi connectivity index (χ0n) is 16.2. The van der Waals surface area contributed by atoms with Gasteiger partial charge in [-0.2, -0.15) is 10.5 Å². The van der Waals surface area contributed by atoms with Crippen molar-refractivity contribution < 1.29 is 0 Å². The van der Waals surface area contributed by atoms with Gasteiger partial charge in [-0.3, -0.25) is 0 Å². The van der Waals surface area contributed by atoms with Crippen LogP contribution < -0.4 is 4.90 Å². The third-order valence-corrected chi connectivity index (χ3v) is 5.36. The largest absolute Gasteiger partial charge is 0.371 e. The Kier molecular flexibility index (Phi) is 5.41. The lowest BCUT2D eigenvalue weighted by molar-refractivity contribution is 0.949. The predicted octanol–water partition coefficient (Wildman–Crippen LogP) is 6.05. The third-order valence-electron chi connectivity index (χ3n) is 5.36. The van der Waals surface area contributed by atoms with Crippen LogP contribution >= 0.6 is 0 Å². The smallest absolute Gasteiger partial charge is 0.130 e. The van der Waals surface area contributed by atoms with Gasteiger partial charge in [0.1, 0.15) is 17.7 Å². The Hall–Kier alpha value is -3.82. The van der Waals surface area contributed by atoms with Gasteiger partial charge in [-0.05, 0) is 47.2 Å². The molecule has 140 valence electrons. The van der Waals surface area contributed by atoms with Gasteiger partial charge >= 0.3 is 0 Å². The Morgan fingerprint density at radius 3 is 1.86 bits per heavy atom. The van der Waals surface area contributed by atoms with Crippen LogP contribution in [-0.2, 0) is 0 Å². The van der Waals surface area contributed by atoms with E-state index in [0.717, 1.165) is 35.3 Å². The summed E-state index contributed by atoms with van der Waals surface area (Å²) in [6, 6.07) is 28.8. The van der Waals surface area contributed by atoms with Crippen LogP contribution in [0.1, 0.15) is 18.4 Å². The maximum Gasteiger partial charge on any atom is 0.130 e. The molecule has 0 aromatic heterocycles. The Morgan fingerprint density at radius 1 is 0.690 bits per heavy atom. The summed E-state index contributed by atoms with van der Waals surface area (Å²) in [5, 5.41) is 18.4. The number of hydrogen-bond acceptors (Lipinski definition) is 3. The molecule has 1 saturated heterocycles. The molecule has 0 amide bonds. The Bertz CT molecular complexity index is 1120. The number of allylic oxidation sites excluding steroid dienone is 1. The van der Waals surface area contributed by atoms with Crippen LogP contribution in [0.25, 0.3) is 28.3 Å². The first-order chi connectivity index (χ1) is 14.3. The van der Waals surface area contributed by atoms with Crippen molar-refractivity contribution in [2.24, 2.45) is 0 Å². The second kappa shape index (κ2) is 8.46. The molecule has 29 heavy (non-hydrogen) atoms. The summed E-state index contributed by atoms with van der Waals surface area (Å²) in [6.07, 6.45) is 4.13. The van der Waals surface area contributed by atoms with Crippen LogP contribution in [0.15, 0.2) is 78.4 Å². The zero-order valence-corrected chi connectivity index (χ0v) is 16.2. The van der Waals surface area contributed by atoms with Crippen molar-refractivity contribution in [2.75, 3.05) is 18.0 Å². The fourth-order valence-corrected chi connectivity index (χ4v) is 4.00. The summed E-state index contributed by atoms with van der Waals surface area (Å²) in [4.78, 5) is 2.46. The molecule has 1 heterocycles. The molecular weight excluding hydrogens is 354 g/mol. The normalized spacial score (nSPS) is 12.8. The second-order valence-electron chi connectivity index (χ2n) is 7.13. The summed E-state index contributed by atoms with van der Waals surface area (Å²) >= 11 is 0. The van der Waals surface area contributed by atoms with Gasteiger partial charge in [0.15, 0.2) is 0 Å². The second-order valence-corrected chi connectivity index (χ2v) is 7.13. The number of benzene rings is 3. The minimum absolute atomic E-state index is 0.104. The zero-order chi connectivity index (χ0) is 20.1. The van der Waals surface area contributed by atoms with Crippen LogP contribution in [-0.4, -0.2) is 13.1 Å². The van der Waals surface area contributed by atoms with E-state index in [1.807, 2.05) is 36.4 Å². The van der Waals surface area contributed by atoms with E-state index in [0.29, 0.717) is 0 Å². The number of rotatable bonds is 4. The maximum absolute atomic E-state index is 9.19. The fraction of sp³-hybridized carbons (Fsp3) is 0.154. The molecule has 0 spiro atoms. The summed E-state index contributed by atoms with van der Waals surface area (Å²) in [6.45, 7) is 2.18. The third kappa shape index (κ3) is 3.77. The molecule has 3 aromatic rings. The molecule has 3 nitrogen and oxygen atoms in total. The van der Waals surface area contributed by atoms with Crippen molar-refractivity contribution in [1.29, 1.82) is 10.5 Å². The average molecular weight is 375 g/mol. The van der Waals surface area contributed by atoms with E-state index < -0.39 is 0 Å². The standard InChI is InChI=1S/C26H21N3/c27-18-20(19-28)17-21-9-1-2-10-22(21)23-11-3-4-12-24(23)25-13-5-6-14-26(25)29-15-7-8-16-29/h1-6,9-14,17H,7-8,15-16H2. The highest BCUT2D eigenvalue weighted by atomic mass is 15.1. The highest BCUT2D eigenvalue weighted by molar-refractivity contribution is 5.92. The molecule has 0 N–H and O–H groups in total. The molecule has 1 aliphatic rings. The topological polar surface area (TPSA) is 50.8 Å². The van der Waals surface area contributed by atoms with E-state index in [1.165, 1.54) is 24.1 Å². The number of nitriles is 2. The molecule has 0 atom stereocenters. The van der Waals surface area contributed by atoms with E-state index in [9.17, 15) is 10.5 Å². The van der Waals surface area contributed by atoms with Crippen molar-refractivity contribution in [3.8, 4) is 34.4 Å². The number of para-hydroxylation sites is 1. The summed E-state index contributed by atoms with van der Waals surface area (Å²) < 4.78 is 0. The van der Waals surface area contributed by atoms with Crippen molar-refractivity contribution in [3.05, 3.63) is 83.9 Å². The van der Waals surface area contributed by atoms with Crippen LogP contribution in [0.4, 0.5) is 5.69 Å². The molecule has 0 saturated carbocycles. The molecular formula is C26H21N3. The molecule has 0 bridgehead atoms. The van der Waals surface area contributed by atoms with Crippen LogP contribution in [0, 0.1) is 22.7 Å². The minimum Gasteiger partial charge on any atom is -0.371 e. The van der Waals surface area contributed by atoms with Crippen molar-refractivity contribution >= 4 is 11.8 Å². The van der Waals surface area contributed by atoms with Crippen molar-refractivity contribution in [3.63, 3.8) is 0 Å². The summed E-state index contributed by atoms with van der Waals surface area (Å²) in [7, 11) is 0.